The predicted octanol–water partition coefficient (Wildman–Crippen LogP) is 0.123. The van der Waals surface area contributed by atoms with Crippen molar-refractivity contribution in [2.24, 2.45) is 5.92 Å². The molecule has 2 aliphatic heterocycles. The first-order valence-electron chi connectivity index (χ1n) is 13.2. The van der Waals surface area contributed by atoms with Crippen LogP contribution in [-0.4, -0.2) is 97.3 Å². The van der Waals surface area contributed by atoms with Gasteiger partial charge in [0.15, 0.2) is 0 Å². The molecule has 3 aromatic rings. The van der Waals surface area contributed by atoms with Gasteiger partial charge in [0, 0.05) is 0 Å². The number of aromatic amines is 1. The molecule has 0 radical (unpaired) electrons. The van der Waals surface area contributed by atoms with Crippen LogP contribution < -0.4 is 24.2 Å². The molecule has 11 heteroatoms. The van der Waals surface area contributed by atoms with Gasteiger partial charge in [-0.25, -0.2) is 0 Å². The number of H-pyrrole nitrogens is 1. The number of aromatic nitrogens is 4. The zero-order valence-electron chi connectivity index (χ0n) is 22.0. The van der Waals surface area contributed by atoms with E-state index < -0.39 is 15.8 Å². The maximum atomic E-state index is 12.7. The first kappa shape index (κ1) is 26.6. The normalized spacial score (nSPS) is 17.9. The number of rotatable bonds is 7. The van der Waals surface area contributed by atoms with Gasteiger partial charge in [-0.05, 0) is 0 Å². The van der Waals surface area contributed by atoms with Gasteiger partial charge in [-0.3, -0.25) is 0 Å². The Labute approximate surface area is 229 Å². The average molecular weight is 579 g/mol. The molecular formula is C27H35AsN8O2. The fraction of sp³-hybridized carbons (Fsp3) is 0.519. The van der Waals surface area contributed by atoms with Gasteiger partial charge in [0.1, 0.15) is 0 Å². The van der Waals surface area contributed by atoms with E-state index in [2.05, 4.69) is 69.1 Å². The Morgan fingerprint density at radius 3 is 2.45 bits per heavy atom. The Kier molecular flexibility index (Phi) is 7.98. The van der Waals surface area contributed by atoms with Crippen molar-refractivity contribution in [1.82, 2.24) is 25.1 Å². The summed E-state index contributed by atoms with van der Waals surface area (Å²) in [4.78, 5) is 29.3. The van der Waals surface area contributed by atoms with Crippen LogP contribution in [0.2, 0.25) is 0 Å². The van der Waals surface area contributed by atoms with Gasteiger partial charge in [0.25, 0.3) is 0 Å². The van der Waals surface area contributed by atoms with Gasteiger partial charge in [0.2, 0.25) is 0 Å². The third kappa shape index (κ3) is 5.70. The summed E-state index contributed by atoms with van der Waals surface area (Å²) in [5.41, 5.74) is 1.33. The van der Waals surface area contributed by atoms with E-state index in [4.69, 9.17) is 15.2 Å². The molecule has 0 saturated carbocycles. The molecular weight excluding hydrogens is 543 g/mol. The summed E-state index contributed by atoms with van der Waals surface area (Å²) in [5.74, 6) is 1.08. The zero-order valence-corrected chi connectivity index (χ0v) is 24.1. The molecule has 4 heterocycles. The van der Waals surface area contributed by atoms with Gasteiger partial charge in [0.05, 0.1) is 0 Å². The molecule has 2 saturated heterocycles. The van der Waals surface area contributed by atoms with E-state index in [0.717, 1.165) is 56.6 Å². The Balaban J connectivity index is 1.33. The second-order valence-corrected chi connectivity index (χ2v) is 13.5. The molecule has 2 fully saturated rings. The van der Waals surface area contributed by atoms with Crippen LogP contribution in [0.4, 0.5) is 11.6 Å². The summed E-state index contributed by atoms with van der Waals surface area (Å²) in [5, 5.41) is 25.8. The quantitative estimate of drug-likeness (QED) is 0.376. The average Bonchev–Trinajstić information content (AvgIpc) is 2.94. The standard InChI is InChI=1S/C27H35AsN8O2/c1-27(2,18-37)36-15-13-34(14-16-36)21-5-3-20(4-6-21)28-24-23-22(17-30-33-25(23)38)31-26(32-24)35-11-8-19(7-10-29)9-12-35/h3-6,17,19,28,37H,7-9,11-16,18H2,1-2H3,(H,33,38). The molecule has 0 amide bonds. The van der Waals surface area contributed by atoms with Crippen molar-refractivity contribution in [2.75, 3.05) is 55.7 Å². The summed E-state index contributed by atoms with van der Waals surface area (Å²) in [6.07, 6.45) is 4.10. The van der Waals surface area contributed by atoms with E-state index in [1.165, 1.54) is 10.0 Å². The number of hydrogen-bond acceptors (Lipinski definition) is 9. The molecule has 0 spiro atoms. The van der Waals surface area contributed by atoms with Crippen molar-refractivity contribution in [3.05, 3.63) is 40.8 Å². The Bertz CT molecular complexity index is 1350. The molecule has 38 heavy (non-hydrogen) atoms. The molecule has 1 atom stereocenters. The van der Waals surface area contributed by atoms with Crippen LogP contribution in [-0.2, 0) is 0 Å². The molecule has 1 aromatic carbocycles. The summed E-state index contributed by atoms with van der Waals surface area (Å²) in [7, 11) is 0. The number of nitriles is 1. The predicted molar refractivity (Wildman–Crippen MR) is 151 cm³/mol. The third-order valence-electron chi connectivity index (χ3n) is 7.80. The fourth-order valence-electron chi connectivity index (χ4n) is 5.25. The monoisotopic (exact) mass is 578 g/mol. The van der Waals surface area contributed by atoms with Crippen LogP contribution in [0.25, 0.3) is 10.9 Å². The SMILES string of the molecule is CC(C)(CO)N1CCN(c2ccc([AsH]c3nc(N4CCC(CC#N)CC4)nc4cn[nH]c(=O)c34)cc2)CC1. The number of fused-ring (bicyclic) bond motifs is 1. The van der Waals surface area contributed by atoms with E-state index in [1.54, 1.807) is 6.20 Å². The molecule has 10 nitrogen and oxygen atoms in total. The first-order chi connectivity index (χ1) is 18.4. The van der Waals surface area contributed by atoms with Crippen molar-refractivity contribution in [3.8, 4) is 6.07 Å². The van der Waals surface area contributed by atoms with E-state index >= 15 is 0 Å². The minimum atomic E-state index is -0.894. The van der Waals surface area contributed by atoms with Crippen molar-refractivity contribution in [1.29, 1.82) is 5.26 Å². The first-order valence-corrected chi connectivity index (χ1v) is 15.3. The Hall–Kier alpha value is -2.99. The summed E-state index contributed by atoms with van der Waals surface area (Å²) < 4.78 is 2.02. The van der Waals surface area contributed by atoms with E-state index in [0.29, 0.717) is 29.2 Å². The number of nitrogens with one attached hydrogen (secondary N) is 1. The molecule has 2 N–H and O–H groups in total. The van der Waals surface area contributed by atoms with Crippen LogP contribution in [0.3, 0.4) is 0 Å². The number of aliphatic hydroxyl groups is 1. The van der Waals surface area contributed by atoms with Crippen LogP contribution in [0.1, 0.15) is 33.1 Å². The maximum absolute atomic E-state index is 12.7. The van der Waals surface area contributed by atoms with Crippen molar-refractivity contribution in [2.45, 2.75) is 38.6 Å². The number of piperazine rings is 1. The number of hydrogen-bond donors (Lipinski definition) is 2. The van der Waals surface area contributed by atoms with Crippen LogP contribution in [0.5, 0.6) is 0 Å². The van der Waals surface area contributed by atoms with Crippen molar-refractivity contribution >= 4 is 47.1 Å². The van der Waals surface area contributed by atoms with E-state index in [9.17, 15) is 9.90 Å². The number of piperidine rings is 1. The number of nitrogens with zero attached hydrogens (tertiary/aromatic N) is 7. The minimum absolute atomic E-state index is 0.156. The van der Waals surface area contributed by atoms with Gasteiger partial charge in [-0.1, -0.05) is 0 Å². The fourth-order valence-corrected chi connectivity index (χ4v) is 7.62. The molecule has 2 aliphatic rings. The molecule has 2 aromatic heterocycles. The topological polar surface area (TPSA) is 125 Å². The number of benzene rings is 1. The summed E-state index contributed by atoms with van der Waals surface area (Å²) in [6.45, 7) is 9.63. The number of anilines is 2. The van der Waals surface area contributed by atoms with Crippen molar-refractivity contribution < 1.29 is 5.11 Å². The van der Waals surface area contributed by atoms with E-state index in [-0.39, 0.29) is 17.7 Å². The van der Waals surface area contributed by atoms with Gasteiger partial charge < -0.3 is 0 Å². The van der Waals surface area contributed by atoms with Gasteiger partial charge in [-0.15, -0.1) is 0 Å². The molecule has 200 valence electrons. The third-order valence-corrected chi connectivity index (χ3v) is 10.4. The second kappa shape index (κ2) is 11.4. The van der Waals surface area contributed by atoms with Gasteiger partial charge >= 0.3 is 230 Å². The molecule has 5 rings (SSSR count). The van der Waals surface area contributed by atoms with Crippen LogP contribution in [0, 0.1) is 17.2 Å². The zero-order chi connectivity index (χ0) is 26.7. The van der Waals surface area contributed by atoms with Crippen LogP contribution >= 0.6 is 0 Å². The Morgan fingerprint density at radius 2 is 1.79 bits per heavy atom. The van der Waals surface area contributed by atoms with E-state index in [1.807, 2.05) is 0 Å². The molecule has 0 bridgehead atoms. The summed E-state index contributed by atoms with van der Waals surface area (Å²) in [6, 6.07) is 10.9. The second-order valence-electron chi connectivity index (χ2n) is 10.7. The Morgan fingerprint density at radius 1 is 1.08 bits per heavy atom. The van der Waals surface area contributed by atoms with Gasteiger partial charge in [-0.2, -0.15) is 0 Å². The molecule has 0 aliphatic carbocycles. The van der Waals surface area contributed by atoms with Crippen LogP contribution in [0.15, 0.2) is 35.3 Å². The molecule has 1 unspecified atom stereocenters. The number of aliphatic hydroxyl groups excluding tert-OH is 1. The summed E-state index contributed by atoms with van der Waals surface area (Å²) >= 11 is -0.894. The van der Waals surface area contributed by atoms with Crippen molar-refractivity contribution in [3.63, 3.8) is 0 Å².